The van der Waals surface area contributed by atoms with Crippen LogP contribution in [0.2, 0.25) is 0 Å². The summed E-state index contributed by atoms with van der Waals surface area (Å²) in [7, 11) is 0. The van der Waals surface area contributed by atoms with Gasteiger partial charge in [0.25, 0.3) is 0 Å². The first-order chi connectivity index (χ1) is 9.69. The molecule has 1 aromatic carbocycles. The first-order valence-corrected chi connectivity index (χ1v) is 6.75. The van der Waals surface area contributed by atoms with Crippen LogP contribution in [-0.2, 0) is 6.54 Å². The standard InChI is InChI=1S/C16H19FN2O/c1-2-19(11-15-5-3-4-10-18-15)12-16(20)13-6-8-14(17)9-7-13/h3-10,16,20H,2,11-12H2,1H3. The minimum absolute atomic E-state index is 0.290. The fraction of sp³-hybridized carbons (Fsp3) is 0.312. The second kappa shape index (κ2) is 7.12. The van der Waals surface area contributed by atoms with Crippen molar-refractivity contribution < 1.29 is 9.50 Å². The SMILES string of the molecule is CCN(Cc1ccccn1)CC(O)c1ccc(F)cc1. The van der Waals surface area contributed by atoms with E-state index in [0.717, 1.165) is 17.8 Å². The lowest BCUT2D eigenvalue weighted by molar-refractivity contribution is 0.111. The summed E-state index contributed by atoms with van der Waals surface area (Å²) in [6.07, 6.45) is 1.14. The number of aliphatic hydroxyl groups excluding tert-OH is 1. The van der Waals surface area contributed by atoms with Crippen molar-refractivity contribution in [3.8, 4) is 0 Å². The number of pyridine rings is 1. The van der Waals surface area contributed by atoms with Crippen LogP contribution < -0.4 is 0 Å². The lowest BCUT2D eigenvalue weighted by Crippen LogP contribution is -2.28. The predicted octanol–water partition coefficient (Wildman–Crippen LogP) is 2.78. The summed E-state index contributed by atoms with van der Waals surface area (Å²) >= 11 is 0. The van der Waals surface area contributed by atoms with Crippen molar-refractivity contribution in [2.45, 2.75) is 19.6 Å². The van der Waals surface area contributed by atoms with Crippen molar-refractivity contribution in [1.29, 1.82) is 0 Å². The minimum Gasteiger partial charge on any atom is -0.387 e. The number of rotatable bonds is 6. The van der Waals surface area contributed by atoms with Crippen molar-refractivity contribution in [3.05, 3.63) is 65.7 Å². The molecule has 3 nitrogen and oxygen atoms in total. The molecule has 0 fully saturated rings. The maximum Gasteiger partial charge on any atom is 0.123 e. The predicted molar refractivity (Wildman–Crippen MR) is 76.5 cm³/mol. The van der Waals surface area contributed by atoms with Gasteiger partial charge in [-0.25, -0.2) is 4.39 Å². The van der Waals surface area contributed by atoms with Crippen LogP contribution >= 0.6 is 0 Å². The van der Waals surface area contributed by atoms with Gasteiger partial charge in [-0.2, -0.15) is 0 Å². The normalized spacial score (nSPS) is 12.6. The van der Waals surface area contributed by atoms with Gasteiger partial charge in [-0.3, -0.25) is 9.88 Å². The van der Waals surface area contributed by atoms with Gasteiger partial charge in [0, 0.05) is 19.3 Å². The molecule has 4 heteroatoms. The Labute approximate surface area is 118 Å². The monoisotopic (exact) mass is 274 g/mol. The van der Waals surface area contributed by atoms with Gasteiger partial charge in [0.05, 0.1) is 11.8 Å². The fourth-order valence-corrected chi connectivity index (χ4v) is 2.06. The summed E-state index contributed by atoms with van der Waals surface area (Å²) in [5.74, 6) is -0.290. The summed E-state index contributed by atoms with van der Waals surface area (Å²) in [6.45, 7) is 4.05. The Morgan fingerprint density at radius 2 is 1.95 bits per heavy atom. The smallest absolute Gasteiger partial charge is 0.123 e. The third-order valence-corrected chi connectivity index (χ3v) is 3.24. The molecule has 20 heavy (non-hydrogen) atoms. The Kier molecular flexibility index (Phi) is 5.21. The molecule has 0 radical (unpaired) electrons. The van der Waals surface area contributed by atoms with Gasteiger partial charge in [-0.05, 0) is 36.4 Å². The molecule has 0 saturated heterocycles. The van der Waals surface area contributed by atoms with E-state index in [4.69, 9.17) is 0 Å². The number of hydrogen-bond donors (Lipinski definition) is 1. The molecule has 0 bridgehead atoms. The number of hydrogen-bond acceptors (Lipinski definition) is 3. The van der Waals surface area contributed by atoms with E-state index in [2.05, 4.69) is 9.88 Å². The molecule has 0 aliphatic heterocycles. The molecule has 1 unspecified atom stereocenters. The molecule has 1 heterocycles. The number of halogens is 1. The molecule has 106 valence electrons. The van der Waals surface area contributed by atoms with Gasteiger partial charge in [-0.1, -0.05) is 25.1 Å². The van der Waals surface area contributed by atoms with Crippen molar-refractivity contribution in [3.63, 3.8) is 0 Å². The van der Waals surface area contributed by atoms with E-state index < -0.39 is 6.10 Å². The maximum absolute atomic E-state index is 12.9. The Morgan fingerprint density at radius 3 is 2.55 bits per heavy atom. The Bertz CT molecular complexity index is 516. The Hall–Kier alpha value is -1.78. The van der Waals surface area contributed by atoms with Gasteiger partial charge >= 0.3 is 0 Å². The first kappa shape index (κ1) is 14.6. The third kappa shape index (κ3) is 4.11. The summed E-state index contributed by atoms with van der Waals surface area (Å²) in [5, 5.41) is 10.2. The average molecular weight is 274 g/mol. The van der Waals surface area contributed by atoms with Gasteiger partial charge in [0.2, 0.25) is 0 Å². The molecular weight excluding hydrogens is 255 g/mol. The number of benzene rings is 1. The van der Waals surface area contributed by atoms with E-state index in [9.17, 15) is 9.50 Å². The number of nitrogens with zero attached hydrogens (tertiary/aromatic N) is 2. The average Bonchev–Trinajstić information content (AvgIpc) is 2.48. The summed E-state index contributed by atoms with van der Waals surface area (Å²) in [6, 6.07) is 11.8. The lowest BCUT2D eigenvalue weighted by atomic mass is 10.1. The third-order valence-electron chi connectivity index (χ3n) is 3.24. The van der Waals surface area contributed by atoms with Crippen molar-refractivity contribution in [2.24, 2.45) is 0 Å². The van der Waals surface area contributed by atoms with Crippen LogP contribution in [0.5, 0.6) is 0 Å². The van der Waals surface area contributed by atoms with E-state index in [1.54, 1.807) is 18.3 Å². The number of likely N-dealkylation sites (N-methyl/N-ethyl adjacent to an activating group) is 1. The summed E-state index contributed by atoms with van der Waals surface area (Å²) in [4.78, 5) is 6.39. The lowest BCUT2D eigenvalue weighted by Gasteiger charge is -2.23. The van der Waals surface area contributed by atoms with E-state index in [1.807, 2.05) is 25.1 Å². The summed E-state index contributed by atoms with van der Waals surface area (Å²) in [5.41, 5.74) is 1.70. The highest BCUT2D eigenvalue weighted by molar-refractivity contribution is 5.18. The molecule has 0 amide bonds. The maximum atomic E-state index is 12.9. The quantitative estimate of drug-likeness (QED) is 0.880. The highest BCUT2D eigenvalue weighted by Gasteiger charge is 2.13. The Balaban J connectivity index is 1.97. The molecule has 0 spiro atoms. The topological polar surface area (TPSA) is 36.4 Å². The van der Waals surface area contributed by atoms with Crippen LogP contribution in [0.3, 0.4) is 0 Å². The van der Waals surface area contributed by atoms with Gasteiger partial charge in [0.1, 0.15) is 5.82 Å². The molecule has 0 aliphatic carbocycles. The molecule has 0 saturated carbocycles. The van der Waals surface area contributed by atoms with Crippen molar-refractivity contribution in [1.82, 2.24) is 9.88 Å². The second-order valence-corrected chi connectivity index (χ2v) is 4.72. The van der Waals surface area contributed by atoms with Crippen LogP contribution in [0, 0.1) is 5.82 Å². The fourth-order valence-electron chi connectivity index (χ4n) is 2.06. The molecule has 0 aliphatic rings. The van der Waals surface area contributed by atoms with Crippen LogP contribution in [-0.4, -0.2) is 28.1 Å². The van der Waals surface area contributed by atoms with Crippen molar-refractivity contribution >= 4 is 0 Å². The van der Waals surface area contributed by atoms with Crippen LogP contribution in [0.4, 0.5) is 4.39 Å². The van der Waals surface area contributed by atoms with Crippen molar-refractivity contribution in [2.75, 3.05) is 13.1 Å². The number of aromatic nitrogens is 1. The van der Waals surface area contributed by atoms with Crippen LogP contribution in [0.15, 0.2) is 48.7 Å². The zero-order valence-electron chi connectivity index (χ0n) is 11.5. The van der Waals surface area contributed by atoms with Gasteiger partial charge in [-0.15, -0.1) is 0 Å². The molecule has 1 aromatic heterocycles. The highest BCUT2D eigenvalue weighted by Crippen LogP contribution is 2.15. The molecular formula is C16H19FN2O. The zero-order valence-corrected chi connectivity index (χ0v) is 11.5. The van der Waals surface area contributed by atoms with E-state index >= 15 is 0 Å². The molecule has 1 N–H and O–H groups in total. The first-order valence-electron chi connectivity index (χ1n) is 6.75. The minimum atomic E-state index is -0.626. The largest absolute Gasteiger partial charge is 0.387 e. The highest BCUT2D eigenvalue weighted by atomic mass is 19.1. The Morgan fingerprint density at radius 1 is 1.20 bits per heavy atom. The van der Waals surface area contributed by atoms with E-state index in [0.29, 0.717) is 13.1 Å². The van der Waals surface area contributed by atoms with Gasteiger partial charge in [0.15, 0.2) is 0 Å². The summed E-state index contributed by atoms with van der Waals surface area (Å²) < 4.78 is 12.9. The molecule has 2 aromatic rings. The second-order valence-electron chi connectivity index (χ2n) is 4.72. The molecule has 2 rings (SSSR count). The van der Waals surface area contributed by atoms with Gasteiger partial charge < -0.3 is 5.11 Å². The van der Waals surface area contributed by atoms with Crippen LogP contribution in [0.25, 0.3) is 0 Å². The van der Waals surface area contributed by atoms with Crippen LogP contribution in [0.1, 0.15) is 24.3 Å². The zero-order chi connectivity index (χ0) is 14.4. The van der Waals surface area contributed by atoms with E-state index in [-0.39, 0.29) is 5.82 Å². The number of aliphatic hydroxyl groups is 1. The van der Waals surface area contributed by atoms with E-state index in [1.165, 1.54) is 12.1 Å². The molecule has 1 atom stereocenters.